The molecule has 1 aromatic heterocycles. The van der Waals surface area contributed by atoms with E-state index >= 15 is 0 Å². The van der Waals surface area contributed by atoms with E-state index in [0.717, 1.165) is 55.7 Å². The third-order valence-corrected chi connectivity index (χ3v) is 5.24. The predicted molar refractivity (Wildman–Crippen MR) is 94.6 cm³/mol. The number of aromatic nitrogens is 2. The summed E-state index contributed by atoms with van der Waals surface area (Å²) in [4.78, 5) is 15.1. The first kappa shape index (κ1) is 15.4. The van der Waals surface area contributed by atoms with Gasteiger partial charge in [0, 0.05) is 19.0 Å². The van der Waals surface area contributed by atoms with Gasteiger partial charge >= 0.3 is 0 Å². The normalized spacial score (nSPS) is 18.5. The van der Waals surface area contributed by atoms with Crippen molar-refractivity contribution in [1.29, 1.82) is 0 Å². The van der Waals surface area contributed by atoms with Crippen molar-refractivity contribution in [3.8, 4) is 5.69 Å². The molecule has 24 heavy (non-hydrogen) atoms. The summed E-state index contributed by atoms with van der Waals surface area (Å²) >= 11 is 0. The van der Waals surface area contributed by atoms with E-state index < -0.39 is 0 Å². The Kier molecular flexibility index (Phi) is 4.13. The molecule has 4 heteroatoms. The molecular weight excluding hydrogens is 298 g/mol. The maximum Gasteiger partial charge on any atom is 0.257 e. The fourth-order valence-corrected chi connectivity index (χ4v) is 3.71. The number of aryl methyl sites for hydroxylation is 1. The average Bonchev–Trinajstić information content (AvgIpc) is 3.39. The van der Waals surface area contributed by atoms with Crippen LogP contribution in [0.3, 0.4) is 0 Å². The minimum atomic E-state index is 0.179. The minimum absolute atomic E-state index is 0.179. The Morgan fingerprint density at radius 1 is 1.08 bits per heavy atom. The summed E-state index contributed by atoms with van der Waals surface area (Å²) < 4.78 is 2.01. The van der Waals surface area contributed by atoms with Crippen molar-refractivity contribution in [3.63, 3.8) is 0 Å². The Morgan fingerprint density at radius 3 is 2.46 bits per heavy atom. The number of hydrogen-bond donors (Lipinski definition) is 0. The van der Waals surface area contributed by atoms with Crippen molar-refractivity contribution < 1.29 is 4.79 Å². The standard InChI is InChI=1S/C20H25N3O/c1-15-8-4-5-9-18(15)23-19(16-10-11-16)17(14-21-23)20(24)22-12-6-2-3-7-13-22/h4-5,8-9,14,16H,2-3,6-7,10-13H2,1H3. The molecule has 0 unspecified atom stereocenters. The average molecular weight is 323 g/mol. The second-order valence-electron chi connectivity index (χ2n) is 7.12. The predicted octanol–water partition coefficient (Wildman–Crippen LogP) is 4.07. The van der Waals surface area contributed by atoms with Crippen LogP contribution < -0.4 is 0 Å². The maximum absolute atomic E-state index is 13.1. The van der Waals surface area contributed by atoms with Crippen molar-refractivity contribution in [2.45, 2.75) is 51.4 Å². The molecule has 1 aliphatic carbocycles. The molecular formula is C20H25N3O. The molecule has 2 heterocycles. The fraction of sp³-hybridized carbons (Fsp3) is 0.500. The van der Waals surface area contributed by atoms with Crippen LogP contribution in [0.15, 0.2) is 30.5 Å². The number of benzene rings is 1. The van der Waals surface area contributed by atoms with Crippen molar-refractivity contribution in [1.82, 2.24) is 14.7 Å². The van der Waals surface area contributed by atoms with E-state index in [1.54, 1.807) is 6.20 Å². The Morgan fingerprint density at radius 2 is 1.79 bits per heavy atom. The van der Waals surface area contributed by atoms with Crippen LogP contribution >= 0.6 is 0 Å². The molecule has 4 nitrogen and oxygen atoms in total. The molecule has 2 fully saturated rings. The molecule has 0 spiro atoms. The highest BCUT2D eigenvalue weighted by atomic mass is 16.2. The monoisotopic (exact) mass is 323 g/mol. The van der Waals surface area contributed by atoms with Gasteiger partial charge in [0.05, 0.1) is 23.1 Å². The molecule has 1 amide bonds. The third-order valence-electron chi connectivity index (χ3n) is 5.24. The number of para-hydroxylation sites is 1. The van der Waals surface area contributed by atoms with Crippen LogP contribution in [-0.2, 0) is 0 Å². The lowest BCUT2D eigenvalue weighted by molar-refractivity contribution is 0.0760. The van der Waals surface area contributed by atoms with E-state index in [1.165, 1.54) is 18.4 Å². The zero-order chi connectivity index (χ0) is 16.5. The molecule has 1 aromatic carbocycles. The molecule has 1 saturated carbocycles. The number of carbonyl (C=O) groups excluding carboxylic acids is 1. The van der Waals surface area contributed by atoms with Crippen LogP contribution in [0.4, 0.5) is 0 Å². The summed E-state index contributed by atoms with van der Waals surface area (Å²) in [5.41, 5.74) is 4.23. The highest BCUT2D eigenvalue weighted by molar-refractivity contribution is 5.95. The number of nitrogens with zero attached hydrogens (tertiary/aromatic N) is 3. The second kappa shape index (κ2) is 6.42. The van der Waals surface area contributed by atoms with Crippen LogP contribution in [0, 0.1) is 6.92 Å². The summed E-state index contributed by atoms with van der Waals surface area (Å²) in [6.07, 6.45) is 8.85. The van der Waals surface area contributed by atoms with Crippen LogP contribution in [0.1, 0.15) is 66.1 Å². The lowest BCUT2D eigenvalue weighted by atomic mass is 10.1. The van der Waals surface area contributed by atoms with E-state index in [9.17, 15) is 4.79 Å². The Balaban J connectivity index is 1.72. The zero-order valence-corrected chi connectivity index (χ0v) is 14.4. The molecule has 0 atom stereocenters. The van der Waals surface area contributed by atoms with Crippen LogP contribution in [-0.4, -0.2) is 33.7 Å². The number of likely N-dealkylation sites (tertiary alicyclic amines) is 1. The number of hydrogen-bond acceptors (Lipinski definition) is 2. The molecule has 2 aliphatic rings. The van der Waals surface area contributed by atoms with Crippen molar-refractivity contribution in [2.24, 2.45) is 0 Å². The molecule has 0 bridgehead atoms. The highest BCUT2D eigenvalue weighted by Crippen LogP contribution is 2.43. The van der Waals surface area contributed by atoms with Gasteiger partial charge < -0.3 is 4.90 Å². The quantitative estimate of drug-likeness (QED) is 0.854. The molecule has 4 rings (SSSR count). The lowest BCUT2D eigenvalue weighted by Crippen LogP contribution is -2.32. The minimum Gasteiger partial charge on any atom is -0.339 e. The first-order valence-corrected chi connectivity index (χ1v) is 9.19. The third kappa shape index (κ3) is 2.85. The fourth-order valence-electron chi connectivity index (χ4n) is 3.71. The van der Waals surface area contributed by atoms with Crippen molar-refractivity contribution in [3.05, 3.63) is 47.3 Å². The molecule has 1 saturated heterocycles. The van der Waals surface area contributed by atoms with Gasteiger partial charge in [-0.3, -0.25) is 4.79 Å². The van der Waals surface area contributed by atoms with Gasteiger partial charge in [0.2, 0.25) is 0 Å². The Hall–Kier alpha value is -2.10. The molecule has 1 aliphatic heterocycles. The second-order valence-corrected chi connectivity index (χ2v) is 7.12. The zero-order valence-electron chi connectivity index (χ0n) is 14.4. The van der Waals surface area contributed by atoms with Crippen molar-refractivity contribution >= 4 is 5.91 Å². The van der Waals surface area contributed by atoms with Crippen LogP contribution in [0.5, 0.6) is 0 Å². The van der Waals surface area contributed by atoms with Crippen LogP contribution in [0.25, 0.3) is 5.69 Å². The largest absolute Gasteiger partial charge is 0.339 e. The van der Waals surface area contributed by atoms with Gasteiger partial charge in [-0.25, -0.2) is 4.68 Å². The summed E-state index contributed by atoms with van der Waals surface area (Å²) in [5.74, 6) is 0.664. The molecule has 2 aromatic rings. The van der Waals surface area contributed by atoms with Crippen molar-refractivity contribution in [2.75, 3.05) is 13.1 Å². The van der Waals surface area contributed by atoms with Crippen LogP contribution in [0.2, 0.25) is 0 Å². The number of rotatable bonds is 3. The first-order chi connectivity index (χ1) is 11.8. The topological polar surface area (TPSA) is 38.1 Å². The first-order valence-electron chi connectivity index (χ1n) is 9.19. The maximum atomic E-state index is 13.1. The SMILES string of the molecule is Cc1ccccc1-n1ncc(C(=O)N2CCCCCC2)c1C1CC1. The van der Waals surface area contributed by atoms with E-state index in [2.05, 4.69) is 24.2 Å². The smallest absolute Gasteiger partial charge is 0.257 e. The summed E-state index contributed by atoms with van der Waals surface area (Å²) in [5, 5.41) is 4.62. The van der Waals surface area contributed by atoms with Gasteiger partial charge in [-0.1, -0.05) is 31.0 Å². The van der Waals surface area contributed by atoms with E-state index in [-0.39, 0.29) is 5.91 Å². The summed E-state index contributed by atoms with van der Waals surface area (Å²) in [6.45, 7) is 3.88. The molecule has 126 valence electrons. The Labute approximate surface area is 143 Å². The van der Waals surface area contributed by atoms with Gasteiger partial charge in [0.25, 0.3) is 5.91 Å². The lowest BCUT2D eigenvalue weighted by Gasteiger charge is -2.20. The van der Waals surface area contributed by atoms with Gasteiger partial charge in [-0.15, -0.1) is 0 Å². The Bertz CT molecular complexity index is 737. The van der Waals surface area contributed by atoms with E-state index in [4.69, 9.17) is 0 Å². The van der Waals surface area contributed by atoms with Gasteiger partial charge in [-0.2, -0.15) is 5.10 Å². The summed E-state index contributed by atoms with van der Waals surface area (Å²) in [6, 6.07) is 8.28. The summed E-state index contributed by atoms with van der Waals surface area (Å²) in [7, 11) is 0. The van der Waals surface area contributed by atoms with E-state index in [0.29, 0.717) is 5.92 Å². The molecule has 0 N–H and O–H groups in total. The van der Waals surface area contributed by atoms with Gasteiger partial charge in [0.15, 0.2) is 0 Å². The van der Waals surface area contributed by atoms with Gasteiger partial charge in [0.1, 0.15) is 0 Å². The molecule has 0 radical (unpaired) electrons. The van der Waals surface area contributed by atoms with Gasteiger partial charge in [-0.05, 0) is 44.2 Å². The van der Waals surface area contributed by atoms with E-state index in [1.807, 2.05) is 21.7 Å². The number of carbonyl (C=O) groups is 1. The number of amides is 1. The highest BCUT2D eigenvalue weighted by Gasteiger charge is 2.34.